The van der Waals surface area contributed by atoms with E-state index in [-0.39, 0.29) is 25.0 Å². The van der Waals surface area contributed by atoms with Gasteiger partial charge in [-0.2, -0.15) is 0 Å². The summed E-state index contributed by atoms with van der Waals surface area (Å²) in [6.45, 7) is 3.00. The molecule has 7 heteroatoms. The number of carbonyl (C=O) groups is 2. The van der Waals surface area contributed by atoms with Gasteiger partial charge in [0.25, 0.3) is 0 Å². The van der Waals surface area contributed by atoms with E-state index in [0.717, 1.165) is 16.0 Å². The molecule has 0 bridgehead atoms. The zero-order chi connectivity index (χ0) is 23.8. The molecule has 174 valence electrons. The van der Waals surface area contributed by atoms with E-state index in [1.165, 1.54) is 4.90 Å². The number of urea groups is 1. The number of carbonyl (C=O) groups excluding carboxylic acids is 2. The van der Waals surface area contributed by atoms with Crippen molar-refractivity contribution in [2.24, 2.45) is 0 Å². The van der Waals surface area contributed by atoms with Gasteiger partial charge in [-0.15, -0.1) is 11.3 Å². The molecule has 3 amide bonds. The number of hydrogen-bond donors (Lipinski definition) is 1. The third-order valence-electron chi connectivity index (χ3n) is 5.42. The molecule has 2 aromatic carbocycles. The maximum atomic E-state index is 13.5. The number of aryl methyl sites for hydroxylation is 1. The molecule has 4 rings (SSSR count). The fourth-order valence-corrected chi connectivity index (χ4v) is 4.31. The van der Waals surface area contributed by atoms with Crippen LogP contribution < -0.4 is 5.32 Å². The van der Waals surface area contributed by atoms with E-state index < -0.39 is 0 Å². The molecule has 6 nitrogen and oxygen atoms in total. The van der Waals surface area contributed by atoms with Crippen LogP contribution >= 0.6 is 11.3 Å². The molecule has 0 saturated carbocycles. The highest BCUT2D eigenvalue weighted by atomic mass is 32.1. The summed E-state index contributed by atoms with van der Waals surface area (Å²) in [6.07, 6.45) is 1.56. The fraction of sp³-hybridized carbons (Fsp3) is 0.185. The first-order valence-electron chi connectivity index (χ1n) is 11.1. The molecule has 0 fully saturated rings. The number of anilines is 1. The lowest BCUT2D eigenvalue weighted by Gasteiger charge is -2.27. The Hall–Kier alpha value is -3.84. The minimum atomic E-state index is -0.352. The number of nitrogens with one attached hydrogen (secondary N) is 1. The van der Waals surface area contributed by atoms with Crippen LogP contribution in [0.3, 0.4) is 0 Å². The summed E-state index contributed by atoms with van der Waals surface area (Å²) in [6, 6.07) is 24.6. The Morgan fingerprint density at radius 2 is 1.65 bits per heavy atom. The van der Waals surface area contributed by atoms with Crippen LogP contribution in [0.2, 0.25) is 0 Å². The van der Waals surface area contributed by atoms with Gasteiger partial charge >= 0.3 is 6.03 Å². The molecule has 1 N–H and O–H groups in total. The van der Waals surface area contributed by atoms with Gasteiger partial charge < -0.3 is 19.5 Å². The van der Waals surface area contributed by atoms with E-state index in [9.17, 15) is 9.59 Å². The average molecular weight is 474 g/mol. The number of thiophene rings is 1. The van der Waals surface area contributed by atoms with Gasteiger partial charge in [0.05, 0.1) is 19.4 Å². The quantitative estimate of drug-likeness (QED) is 0.328. The standard InChI is InChI=1S/C27H27N3O3S/c1-21-9-5-6-14-25(21)28-27(32)30(18-23-12-7-15-33-23)20-26(31)29(19-24-13-8-16-34-24)17-22-10-3-2-4-11-22/h2-16H,17-20H2,1H3,(H,28,32). The van der Waals surface area contributed by atoms with Crippen molar-refractivity contribution in [3.05, 3.63) is 112 Å². The monoisotopic (exact) mass is 473 g/mol. The Kier molecular flexibility index (Phi) is 7.78. The number of nitrogens with zero attached hydrogens (tertiary/aromatic N) is 2. The van der Waals surface area contributed by atoms with Crippen LogP contribution in [-0.4, -0.2) is 28.3 Å². The summed E-state index contributed by atoms with van der Waals surface area (Å²) in [5.41, 5.74) is 2.70. The van der Waals surface area contributed by atoms with E-state index in [1.807, 2.05) is 79.0 Å². The van der Waals surface area contributed by atoms with Crippen molar-refractivity contribution in [3.8, 4) is 0 Å². The van der Waals surface area contributed by atoms with Crippen molar-refractivity contribution in [1.29, 1.82) is 0 Å². The van der Waals surface area contributed by atoms with Crippen molar-refractivity contribution < 1.29 is 14.0 Å². The van der Waals surface area contributed by atoms with Crippen LogP contribution in [0.1, 0.15) is 21.8 Å². The molecule has 0 saturated heterocycles. The molecule has 0 radical (unpaired) electrons. The molecule has 0 unspecified atom stereocenters. The van der Waals surface area contributed by atoms with Crippen LogP contribution in [0, 0.1) is 6.92 Å². The maximum Gasteiger partial charge on any atom is 0.322 e. The third-order valence-corrected chi connectivity index (χ3v) is 6.28. The summed E-state index contributed by atoms with van der Waals surface area (Å²) in [4.78, 5) is 31.1. The summed E-state index contributed by atoms with van der Waals surface area (Å²) in [5.74, 6) is 0.476. The molecule has 34 heavy (non-hydrogen) atoms. The SMILES string of the molecule is Cc1ccccc1NC(=O)N(CC(=O)N(Cc1ccccc1)Cc1cccs1)Cc1ccco1. The number of rotatable bonds is 9. The highest BCUT2D eigenvalue weighted by Gasteiger charge is 2.23. The van der Waals surface area contributed by atoms with Crippen LogP contribution in [0.5, 0.6) is 0 Å². The lowest BCUT2D eigenvalue weighted by atomic mass is 10.2. The molecule has 4 aromatic rings. The predicted molar refractivity (Wildman–Crippen MR) is 134 cm³/mol. The fourth-order valence-electron chi connectivity index (χ4n) is 3.59. The van der Waals surface area contributed by atoms with Gasteiger partial charge in [-0.25, -0.2) is 4.79 Å². The minimum absolute atomic E-state index is 0.0728. The van der Waals surface area contributed by atoms with Crippen LogP contribution in [0.4, 0.5) is 10.5 Å². The van der Waals surface area contributed by atoms with Crippen LogP contribution in [-0.2, 0) is 24.4 Å². The summed E-state index contributed by atoms with van der Waals surface area (Å²) in [7, 11) is 0. The van der Waals surface area contributed by atoms with Crippen LogP contribution in [0.15, 0.2) is 94.9 Å². The third kappa shape index (κ3) is 6.36. The van der Waals surface area contributed by atoms with Gasteiger partial charge in [-0.1, -0.05) is 54.6 Å². The summed E-state index contributed by atoms with van der Waals surface area (Å²) >= 11 is 1.61. The van der Waals surface area contributed by atoms with E-state index >= 15 is 0 Å². The zero-order valence-corrected chi connectivity index (χ0v) is 19.8. The molecular weight excluding hydrogens is 446 g/mol. The molecule has 0 spiro atoms. The van der Waals surface area contributed by atoms with E-state index in [4.69, 9.17) is 4.42 Å². The molecular formula is C27H27N3O3S. The first kappa shape index (κ1) is 23.3. The number of furan rings is 1. The Morgan fingerprint density at radius 1 is 0.853 bits per heavy atom. The Balaban J connectivity index is 1.53. The second kappa shape index (κ2) is 11.3. The minimum Gasteiger partial charge on any atom is -0.467 e. The van der Waals surface area contributed by atoms with E-state index in [2.05, 4.69) is 5.32 Å². The van der Waals surface area contributed by atoms with Crippen molar-refractivity contribution in [1.82, 2.24) is 9.80 Å². The molecule has 0 aliphatic heterocycles. The van der Waals surface area contributed by atoms with Gasteiger partial charge in [0.1, 0.15) is 12.3 Å². The number of benzene rings is 2. The molecule has 0 aliphatic rings. The molecule has 0 atom stereocenters. The number of para-hydroxylation sites is 1. The highest BCUT2D eigenvalue weighted by molar-refractivity contribution is 7.09. The first-order chi connectivity index (χ1) is 16.6. The normalized spacial score (nSPS) is 10.6. The van der Waals surface area contributed by atoms with Gasteiger partial charge in [0.2, 0.25) is 5.91 Å². The second-order valence-electron chi connectivity index (χ2n) is 8.00. The smallest absolute Gasteiger partial charge is 0.322 e. The van der Waals surface area contributed by atoms with Gasteiger partial charge in [-0.3, -0.25) is 4.79 Å². The Morgan fingerprint density at radius 3 is 2.35 bits per heavy atom. The molecule has 0 aliphatic carbocycles. The van der Waals surface area contributed by atoms with E-state index in [1.54, 1.807) is 34.6 Å². The Bertz CT molecular complexity index is 1190. The number of hydrogen-bond acceptors (Lipinski definition) is 4. The van der Waals surface area contributed by atoms with Crippen LogP contribution in [0.25, 0.3) is 0 Å². The maximum absolute atomic E-state index is 13.5. The first-order valence-corrected chi connectivity index (χ1v) is 11.9. The summed E-state index contributed by atoms with van der Waals surface area (Å²) < 4.78 is 5.47. The number of amides is 3. The Labute approximate surface area is 203 Å². The van der Waals surface area contributed by atoms with Crippen molar-refractivity contribution in [2.45, 2.75) is 26.6 Å². The second-order valence-corrected chi connectivity index (χ2v) is 9.03. The summed E-state index contributed by atoms with van der Waals surface area (Å²) in [5, 5.41) is 4.94. The van der Waals surface area contributed by atoms with E-state index in [0.29, 0.717) is 24.5 Å². The van der Waals surface area contributed by atoms with Crippen molar-refractivity contribution >= 4 is 29.0 Å². The van der Waals surface area contributed by atoms with Gasteiger partial charge in [-0.05, 0) is 47.7 Å². The van der Waals surface area contributed by atoms with Crippen molar-refractivity contribution in [2.75, 3.05) is 11.9 Å². The van der Waals surface area contributed by atoms with Gasteiger partial charge in [0.15, 0.2) is 0 Å². The lowest BCUT2D eigenvalue weighted by Crippen LogP contribution is -2.43. The van der Waals surface area contributed by atoms with Crippen molar-refractivity contribution in [3.63, 3.8) is 0 Å². The van der Waals surface area contributed by atoms with Gasteiger partial charge in [0, 0.05) is 17.1 Å². The topological polar surface area (TPSA) is 65.8 Å². The molecule has 2 aromatic heterocycles. The average Bonchev–Trinajstić information content (AvgIpc) is 3.55. The zero-order valence-electron chi connectivity index (χ0n) is 19.0. The largest absolute Gasteiger partial charge is 0.467 e. The predicted octanol–water partition coefficient (Wildman–Crippen LogP) is 5.91. The lowest BCUT2D eigenvalue weighted by molar-refractivity contribution is -0.133. The molecule has 2 heterocycles. The highest BCUT2D eigenvalue weighted by Crippen LogP contribution is 2.18.